The highest BCUT2D eigenvalue weighted by atomic mass is 19.1. The van der Waals surface area contributed by atoms with Crippen molar-refractivity contribution < 1.29 is 13.6 Å². The van der Waals surface area contributed by atoms with Gasteiger partial charge < -0.3 is 5.32 Å². The third kappa shape index (κ3) is 5.34. The van der Waals surface area contributed by atoms with Gasteiger partial charge in [0.2, 0.25) is 5.91 Å². The summed E-state index contributed by atoms with van der Waals surface area (Å²) in [6.07, 6.45) is 0. The molecule has 1 fully saturated rings. The molecule has 1 aliphatic rings. The van der Waals surface area contributed by atoms with E-state index in [-0.39, 0.29) is 23.6 Å². The topological polar surface area (TPSA) is 35.6 Å². The van der Waals surface area contributed by atoms with Crippen LogP contribution in [0.4, 0.5) is 8.78 Å². The van der Waals surface area contributed by atoms with Crippen molar-refractivity contribution in [2.75, 3.05) is 26.2 Å². The summed E-state index contributed by atoms with van der Waals surface area (Å²) in [5, 5.41) is 2.91. The Labute approximate surface area is 158 Å². The molecule has 0 spiro atoms. The minimum Gasteiger partial charge on any atom is -0.351 e. The Morgan fingerprint density at radius 2 is 1.70 bits per heavy atom. The molecular formula is C21H25F2N3O. The monoisotopic (exact) mass is 373 g/mol. The molecule has 1 heterocycles. The van der Waals surface area contributed by atoms with Gasteiger partial charge in [-0.15, -0.1) is 0 Å². The summed E-state index contributed by atoms with van der Waals surface area (Å²) in [5.74, 6) is -0.498. The summed E-state index contributed by atoms with van der Waals surface area (Å²) in [6, 6.07) is 12.7. The number of piperazine rings is 1. The minimum atomic E-state index is -0.285. The van der Waals surface area contributed by atoms with Gasteiger partial charge in [0.05, 0.1) is 6.04 Å². The second-order valence-electron chi connectivity index (χ2n) is 6.92. The van der Waals surface area contributed by atoms with Crippen LogP contribution >= 0.6 is 0 Å². The van der Waals surface area contributed by atoms with Gasteiger partial charge in [0, 0.05) is 44.8 Å². The molecule has 0 aliphatic carbocycles. The van der Waals surface area contributed by atoms with Crippen LogP contribution in [0.5, 0.6) is 0 Å². The lowest BCUT2D eigenvalue weighted by molar-refractivity contribution is -0.126. The summed E-state index contributed by atoms with van der Waals surface area (Å²) in [4.78, 5) is 16.8. The molecule has 2 aromatic carbocycles. The lowest BCUT2D eigenvalue weighted by atomic mass is 10.1. The van der Waals surface area contributed by atoms with Gasteiger partial charge in [-0.2, -0.15) is 0 Å². The Balaban J connectivity index is 1.44. The van der Waals surface area contributed by atoms with Crippen LogP contribution in [-0.4, -0.2) is 47.9 Å². The van der Waals surface area contributed by atoms with Crippen LogP contribution in [0.15, 0.2) is 48.5 Å². The Kier molecular flexibility index (Phi) is 6.53. The first kappa shape index (κ1) is 19.5. The van der Waals surface area contributed by atoms with Crippen molar-refractivity contribution in [3.63, 3.8) is 0 Å². The molecule has 1 saturated heterocycles. The van der Waals surface area contributed by atoms with E-state index in [2.05, 4.69) is 15.1 Å². The Hall–Kier alpha value is -2.31. The van der Waals surface area contributed by atoms with Crippen molar-refractivity contribution >= 4 is 5.91 Å². The number of nitrogens with one attached hydrogen (secondary N) is 1. The molecule has 0 saturated carbocycles. The van der Waals surface area contributed by atoms with Crippen LogP contribution in [0.1, 0.15) is 18.1 Å². The molecule has 3 rings (SSSR count). The zero-order valence-electron chi connectivity index (χ0n) is 15.5. The number of halogens is 2. The van der Waals surface area contributed by atoms with Gasteiger partial charge in [-0.05, 0) is 30.7 Å². The number of hydrogen-bond acceptors (Lipinski definition) is 3. The maximum Gasteiger partial charge on any atom is 0.237 e. The number of nitrogens with zero attached hydrogens (tertiary/aromatic N) is 2. The molecule has 1 N–H and O–H groups in total. The van der Waals surface area contributed by atoms with Crippen LogP contribution in [0.3, 0.4) is 0 Å². The van der Waals surface area contributed by atoms with E-state index < -0.39 is 0 Å². The van der Waals surface area contributed by atoms with Crippen molar-refractivity contribution in [2.45, 2.75) is 26.1 Å². The quantitative estimate of drug-likeness (QED) is 0.846. The Morgan fingerprint density at radius 3 is 2.37 bits per heavy atom. The average Bonchev–Trinajstić information content (AvgIpc) is 2.69. The van der Waals surface area contributed by atoms with Crippen molar-refractivity contribution in [2.24, 2.45) is 0 Å². The fourth-order valence-corrected chi connectivity index (χ4v) is 3.28. The van der Waals surface area contributed by atoms with Gasteiger partial charge >= 0.3 is 0 Å². The molecule has 4 nitrogen and oxygen atoms in total. The minimum absolute atomic E-state index is 0.0399. The van der Waals surface area contributed by atoms with Crippen molar-refractivity contribution in [1.82, 2.24) is 15.1 Å². The lowest BCUT2D eigenvalue weighted by Crippen LogP contribution is -2.53. The molecule has 0 bridgehead atoms. The van der Waals surface area contributed by atoms with Gasteiger partial charge in [0.1, 0.15) is 11.6 Å². The maximum absolute atomic E-state index is 13.8. The lowest BCUT2D eigenvalue weighted by Gasteiger charge is -2.37. The first-order valence-corrected chi connectivity index (χ1v) is 9.25. The predicted octanol–water partition coefficient (Wildman–Crippen LogP) is 2.79. The second-order valence-corrected chi connectivity index (χ2v) is 6.92. The molecule has 1 atom stereocenters. The SMILES string of the molecule is CC(C(=O)NCc1ccc(F)cc1)N1CCN(Cc2ccccc2F)CC1. The highest BCUT2D eigenvalue weighted by molar-refractivity contribution is 5.81. The third-order valence-corrected chi connectivity index (χ3v) is 5.07. The Bertz CT molecular complexity index is 758. The molecule has 2 aromatic rings. The first-order chi connectivity index (χ1) is 13.0. The van der Waals surface area contributed by atoms with Gasteiger partial charge in [-0.25, -0.2) is 8.78 Å². The summed E-state index contributed by atoms with van der Waals surface area (Å²) in [6.45, 7) is 5.99. The van der Waals surface area contributed by atoms with Crippen LogP contribution < -0.4 is 5.32 Å². The summed E-state index contributed by atoms with van der Waals surface area (Å²) in [7, 11) is 0. The molecule has 6 heteroatoms. The van der Waals surface area contributed by atoms with Crippen LogP contribution in [0.2, 0.25) is 0 Å². The standard InChI is InChI=1S/C21H25F2N3O/c1-16(21(27)24-14-17-6-8-19(22)9-7-17)26-12-10-25(11-13-26)15-18-4-2-3-5-20(18)23/h2-9,16H,10-15H2,1H3,(H,24,27). The summed E-state index contributed by atoms with van der Waals surface area (Å²) < 4.78 is 26.7. The van der Waals surface area contributed by atoms with Crippen LogP contribution in [-0.2, 0) is 17.9 Å². The van der Waals surface area contributed by atoms with E-state index in [9.17, 15) is 13.6 Å². The zero-order chi connectivity index (χ0) is 19.2. The summed E-state index contributed by atoms with van der Waals surface area (Å²) >= 11 is 0. The fraction of sp³-hybridized carbons (Fsp3) is 0.381. The number of carbonyl (C=O) groups is 1. The predicted molar refractivity (Wildman–Crippen MR) is 101 cm³/mol. The van der Waals surface area contributed by atoms with Gasteiger partial charge in [-0.3, -0.25) is 14.6 Å². The third-order valence-electron chi connectivity index (χ3n) is 5.07. The summed E-state index contributed by atoms with van der Waals surface area (Å²) in [5.41, 5.74) is 1.57. The highest BCUT2D eigenvalue weighted by Gasteiger charge is 2.25. The number of rotatable bonds is 6. The van der Waals surface area contributed by atoms with Crippen molar-refractivity contribution in [1.29, 1.82) is 0 Å². The van der Waals surface area contributed by atoms with E-state index in [1.54, 1.807) is 18.2 Å². The first-order valence-electron chi connectivity index (χ1n) is 9.25. The normalized spacial score (nSPS) is 16.9. The number of benzene rings is 2. The molecule has 27 heavy (non-hydrogen) atoms. The molecule has 144 valence electrons. The van der Waals surface area contributed by atoms with Crippen molar-refractivity contribution in [3.8, 4) is 0 Å². The van der Waals surface area contributed by atoms with E-state index in [1.807, 2.05) is 19.1 Å². The highest BCUT2D eigenvalue weighted by Crippen LogP contribution is 2.13. The number of hydrogen-bond donors (Lipinski definition) is 1. The molecule has 1 unspecified atom stereocenters. The molecule has 0 aromatic heterocycles. The van der Waals surface area contributed by atoms with E-state index >= 15 is 0 Å². The van der Waals surface area contributed by atoms with E-state index in [4.69, 9.17) is 0 Å². The average molecular weight is 373 g/mol. The maximum atomic E-state index is 13.8. The largest absolute Gasteiger partial charge is 0.351 e. The molecule has 1 amide bonds. The van der Waals surface area contributed by atoms with Gasteiger partial charge in [-0.1, -0.05) is 30.3 Å². The zero-order valence-corrected chi connectivity index (χ0v) is 15.5. The molecule has 1 aliphatic heterocycles. The van der Waals surface area contributed by atoms with Gasteiger partial charge in [0.15, 0.2) is 0 Å². The molecular weight excluding hydrogens is 348 g/mol. The van der Waals surface area contributed by atoms with E-state index in [0.717, 1.165) is 31.7 Å². The van der Waals surface area contributed by atoms with E-state index in [0.29, 0.717) is 18.7 Å². The van der Waals surface area contributed by atoms with Gasteiger partial charge in [0.25, 0.3) is 0 Å². The number of carbonyl (C=O) groups excluding carboxylic acids is 1. The van der Waals surface area contributed by atoms with Crippen molar-refractivity contribution in [3.05, 3.63) is 71.3 Å². The Morgan fingerprint density at radius 1 is 1.04 bits per heavy atom. The smallest absolute Gasteiger partial charge is 0.237 e. The molecule has 0 radical (unpaired) electrons. The second kappa shape index (κ2) is 9.06. The van der Waals surface area contributed by atoms with Crippen LogP contribution in [0.25, 0.3) is 0 Å². The van der Waals surface area contributed by atoms with E-state index in [1.165, 1.54) is 18.2 Å². The number of amides is 1. The fourth-order valence-electron chi connectivity index (χ4n) is 3.28. The van der Waals surface area contributed by atoms with Crippen LogP contribution in [0, 0.1) is 11.6 Å².